The molecule has 0 radical (unpaired) electrons. The molecular formula is C22H24ClFN6O2. The fourth-order valence-corrected chi connectivity index (χ4v) is 5.62. The molecule has 2 saturated carbocycles. The van der Waals surface area contributed by atoms with E-state index in [9.17, 15) is 14.3 Å². The van der Waals surface area contributed by atoms with Gasteiger partial charge in [-0.05, 0) is 55.7 Å². The summed E-state index contributed by atoms with van der Waals surface area (Å²) < 4.78 is 15.0. The largest absolute Gasteiger partial charge is 0.383 e. The van der Waals surface area contributed by atoms with Crippen molar-refractivity contribution >= 4 is 29.0 Å². The number of carbonyl (C=O) groups is 1. The predicted octanol–water partition coefficient (Wildman–Crippen LogP) is 3.56. The maximum absolute atomic E-state index is 13.5. The molecule has 168 valence electrons. The van der Waals surface area contributed by atoms with Crippen LogP contribution in [0.4, 0.5) is 15.9 Å². The molecule has 2 fully saturated rings. The highest BCUT2D eigenvalue weighted by atomic mass is 35.5. The van der Waals surface area contributed by atoms with Crippen LogP contribution in [0.1, 0.15) is 53.5 Å². The number of nitrogen functional groups attached to an aromatic ring is 1. The van der Waals surface area contributed by atoms with Crippen LogP contribution in [-0.4, -0.2) is 30.8 Å². The van der Waals surface area contributed by atoms with Crippen molar-refractivity contribution < 1.29 is 14.3 Å². The van der Waals surface area contributed by atoms with Gasteiger partial charge in [-0.15, -0.1) is 0 Å². The van der Waals surface area contributed by atoms with E-state index in [1.807, 2.05) is 0 Å². The summed E-state index contributed by atoms with van der Waals surface area (Å²) in [5.74, 6) is 0.608. The number of imidazole rings is 1. The molecule has 32 heavy (non-hydrogen) atoms. The lowest BCUT2D eigenvalue weighted by Gasteiger charge is -2.22. The maximum Gasteiger partial charge on any atom is 0.261 e. The van der Waals surface area contributed by atoms with E-state index in [1.54, 1.807) is 19.4 Å². The summed E-state index contributed by atoms with van der Waals surface area (Å²) in [6.45, 7) is 0. The first-order valence-corrected chi connectivity index (χ1v) is 10.9. The minimum Gasteiger partial charge on any atom is -0.383 e. The smallest absolute Gasteiger partial charge is 0.261 e. The zero-order valence-electron chi connectivity index (χ0n) is 17.5. The summed E-state index contributed by atoms with van der Waals surface area (Å²) in [5.41, 5.74) is 6.64. The average molecular weight is 459 g/mol. The van der Waals surface area contributed by atoms with Crippen LogP contribution in [0.15, 0.2) is 30.6 Å². The van der Waals surface area contributed by atoms with Crippen LogP contribution in [0.3, 0.4) is 0 Å². The van der Waals surface area contributed by atoms with Crippen LogP contribution in [0.5, 0.6) is 0 Å². The summed E-state index contributed by atoms with van der Waals surface area (Å²) in [7, 11) is 1.70. The van der Waals surface area contributed by atoms with Gasteiger partial charge in [-0.2, -0.15) is 5.10 Å². The van der Waals surface area contributed by atoms with Crippen molar-refractivity contribution in [1.82, 2.24) is 19.7 Å². The third-order valence-electron chi connectivity index (χ3n) is 6.89. The average Bonchev–Trinajstić information content (AvgIpc) is 3.49. The van der Waals surface area contributed by atoms with Crippen LogP contribution in [0.25, 0.3) is 0 Å². The highest BCUT2D eigenvalue weighted by molar-refractivity contribution is 6.31. The van der Waals surface area contributed by atoms with Gasteiger partial charge in [0.15, 0.2) is 0 Å². The molecule has 0 aliphatic heterocycles. The summed E-state index contributed by atoms with van der Waals surface area (Å²) in [5, 5.41) is 18.3. The number of hydrogen-bond donors (Lipinski definition) is 4. The number of benzene rings is 1. The zero-order valence-corrected chi connectivity index (χ0v) is 18.2. The molecule has 2 aliphatic carbocycles. The number of fused-ring (bicyclic) bond motifs is 1. The zero-order chi connectivity index (χ0) is 22.6. The molecule has 5 N–H and O–H groups in total. The molecule has 1 amide bonds. The van der Waals surface area contributed by atoms with Gasteiger partial charge in [-0.1, -0.05) is 11.6 Å². The number of nitrogens with one attached hydrogen (secondary N) is 2. The number of anilines is 2. The monoisotopic (exact) mass is 458 g/mol. The minimum absolute atomic E-state index is 0.0622. The molecule has 2 atom stereocenters. The Hall–Kier alpha value is -2.91. The van der Waals surface area contributed by atoms with Crippen LogP contribution in [0, 0.1) is 17.7 Å². The van der Waals surface area contributed by atoms with Crippen LogP contribution < -0.4 is 11.1 Å². The Labute approximate surface area is 189 Å². The fourth-order valence-electron chi connectivity index (χ4n) is 5.44. The second-order valence-corrected chi connectivity index (χ2v) is 9.33. The first-order valence-electron chi connectivity index (χ1n) is 10.6. The Kier molecular flexibility index (Phi) is 4.98. The number of rotatable bonds is 4. The first kappa shape index (κ1) is 21.0. The molecule has 3 aromatic rings. The number of H-pyrrole nitrogens is 1. The van der Waals surface area contributed by atoms with Crippen molar-refractivity contribution in [3.05, 3.63) is 58.5 Å². The number of aromatic amines is 1. The van der Waals surface area contributed by atoms with Crippen molar-refractivity contribution in [3.63, 3.8) is 0 Å². The number of amides is 1. The molecule has 8 nitrogen and oxygen atoms in total. The minimum atomic E-state index is -0.936. The molecule has 5 rings (SSSR count). The number of halogens is 2. The van der Waals surface area contributed by atoms with E-state index < -0.39 is 17.3 Å². The Bertz CT molecular complexity index is 1160. The maximum atomic E-state index is 13.5. The Morgan fingerprint density at radius 3 is 2.72 bits per heavy atom. The summed E-state index contributed by atoms with van der Waals surface area (Å²) >= 11 is 5.83. The number of hydrogen-bond acceptors (Lipinski definition) is 5. The lowest BCUT2D eigenvalue weighted by atomic mass is 9.91. The molecule has 10 heteroatoms. The second-order valence-electron chi connectivity index (χ2n) is 8.92. The molecule has 2 aromatic heterocycles. The number of aromatic nitrogens is 4. The molecular weight excluding hydrogens is 435 g/mol. The van der Waals surface area contributed by atoms with E-state index in [0.717, 1.165) is 12.8 Å². The topological polar surface area (TPSA) is 122 Å². The van der Waals surface area contributed by atoms with Crippen LogP contribution in [0.2, 0.25) is 5.02 Å². The van der Waals surface area contributed by atoms with E-state index in [0.29, 0.717) is 47.4 Å². The SMILES string of the molecule is Cn1nc(C2CC3CC(O)(c4ncc[nH]4)CC3C2)c(C(=O)Nc2ccc(F)c(Cl)c2)c1N. The van der Waals surface area contributed by atoms with Crippen molar-refractivity contribution in [2.24, 2.45) is 18.9 Å². The molecule has 1 aromatic carbocycles. The standard InChI is InChI=1S/C22H24ClFN6O2/c1-30-19(25)17(20(31)28-14-2-3-16(24)15(23)8-14)18(29-30)11-6-12-9-22(32,10-13(12)7-11)21-26-4-5-27-21/h2-5,8,11-13,32H,6-7,9-10,25H2,1H3,(H,26,27)(H,28,31). The predicted molar refractivity (Wildman–Crippen MR) is 118 cm³/mol. The van der Waals surface area contributed by atoms with Crippen molar-refractivity contribution in [2.45, 2.75) is 37.2 Å². The highest BCUT2D eigenvalue weighted by Crippen LogP contribution is 2.56. The third-order valence-corrected chi connectivity index (χ3v) is 7.18. The van der Waals surface area contributed by atoms with Crippen LogP contribution >= 0.6 is 11.6 Å². The summed E-state index contributed by atoms with van der Waals surface area (Å²) in [4.78, 5) is 20.4. The first-order chi connectivity index (χ1) is 15.2. The number of carbonyl (C=O) groups excluding carboxylic acids is 1. The number of aliphatic hydroxyl groups is 1. The number of aryl methyl sites for hydroxylation is 1. The highest BCUT2D eigenvalue weighted by Gasteiger charge is 2.51. The molecule has 2 aliphatic rings. The van der Waals surface area contributed by atoms with Gasteiger partial charge in [0.1, 0.15) is 28.6 Å². The molecule has 0 bridgehead atoms. The van der Waals surface area contributed by atoms with Crippen molar-refractivity contribution in [2.75, 3.05) is 11.1 Å². The second kappa shape index (κ2) is 7.60. The Morgan fingerprint density at radius 2 is 2.09 bits per heavy atom. The lowest BCUT2D eigenvalue weighted by Crippen LogP contribution is -2.24. The van der Waals surface area contributed by atoms with Gasteiger partial charge >= 0.3 is 0 Å². The number of nitrogens with zero attached hydrogens (tertiary/aromatic N) is 3. The van der Waals surface area contributed by atoms with Gasteiger partial charge in [-0.25, -0.2) is 9.37 Å². The molecule has 2 unspecified atom stereocenters. The van der Waals surface area contributed by atoms with Gasteiger partial charge in [0.25, 0.3) is 5.91 Å². The Balaban J connectivity index is 1.36. The fraction of sp³-hybridized carbons (Fsp3) is 0.409. The van der Waals surface area contributed by atoms with Gasteiger partial charge in [0.05, 0.1) is 10.7 Å². The number of nitrogens with two attached hydrogens (primary N) is 1. The molecule has 0 spiro atoms. The van der Waals surface area contributed by atoms with E-state index in [1.165, 1.54) is 22.9 Å². The molecule has 0 saturated heterocycles. The van der Waals surface area contributed by atoms with E-state index in [2.05, 4.69) is 20.4 Å². The quantitative estimate of drug-likeness (QED) is 0.476. The summed E-state index contributed by atoms with van der Waals surface area (Å²) in [6, 6.07) is 4.00. The van der Waals surface area contributed by atoms with E-state index in [-0.39, 0.29) is 16.8 Å². The van der Waals surface area contributed by atoms with Gasteiger partial charge in [0, 0.05) is 31.0 Å². The summed E-state index contributed by atoms with van der Waals surface area (Å²) in [6.07, 6.45) is 6.25. The third kappa shape index (κ3) is 3.45. The van der Waals surface area contributed by atoms with E-state index in [4.69, 9.17) is 17.3 Å². The lowest BCUT2D eigenvalue weighted by molar-refractivity contribution is 0.0262. The van der Waals surface area contributed by atoms with Gasteiger partial charge in [0.2, 0.25) is 0 Å². The van der Waals surface area contributed by atoms with Crippen molar-refractivity contribution in [3.8, 4) is 0 Å². The van der Waals surface area contributed by atoms with Gasteiger partial charge in [-0.3, -0.25) is 9.48 Å². The molecule has 2 heterocycles. The van der Waals surface area contributed by atoms with E-state index >= 15 is 0 Å². The van der Waals surface area contributed by atoms with Crippen LogP contribution in [-0.2, 0) is 12.6 Å². The normalized spacial score (nSPS) is 26.9. The van der Waals surface area contributed by atoms with Gasteiger partial charge < -0.3 is 21.1 Å². The Morgan fingerprint density at radius 1 is 1.38 bits per heavy atom. The van der Waals surface area contributed by atoms with Crippen molar-refractivity contribution in [1.29, 1.82) is 0 Å².